The fraction of sp³-hybridized carbons (Fsp3) is 0.368. The van der Waals surface area contributed by atoms with Gasteiger partial charge in [-0.05, 0) is 32.4 Å². The molecule has 0 bridgehead atoms. The highest BCUT2D eigenvalue weighted by atomic mass is 16.5. The van der Waals surface area contributed by atoms with Crippen molar-refractivity contribution in [3.05, 3.63) is 59.5 Å². The third-order valence-electron chi connectivity index (χ3n) is 4.38. The second kappa shape index (κ2) is 7.11. The number of nitrogens with one attached hydrogen (secondary N) is 1. The minimum absolute atomic E-state index is 0.493. The highest BCUT2D eigenvalue weighted by Crippen LogP contribution is 2.46. The van der Waals surface area contributed by atoms with Gasteiger partial charge in [0, 0.05) is 35.9 Å². The minimum Gasteiger partial charge on any atom is -0.477 e. The SMILES string of the molecule is Cc1nc(NCc2cc(C)on2)cc(OC[C@H]2C[C@@H]2c2ccccn2)n1. The van der Waals surface area contributed by atoms with E-state index < -0.39 is 0 Å². The molecule has 3 heterocycles. The van der Waals surface area contributed by atoms with Crippen LogP contribution in [-0.4, -0.2) is 26.7 Å². The summed E-state index contributed by atoms with van der Waals surface area (Å²) >= 11 is 0. The maximum atomic E-state index is 5.91. The molecular formula is C19H21N5O2. The predicted molar refractivity (Wildman–Crippen MR) is 95.9 cm³/mol. The van der Waals surface area contributed by atoms with Crippen molar-refractivity contribution in [3.8, 4) is 5.88 Å². The topological polar surface area (TPSA) is 86.0 Å². The van der Waals surface area contributed by atoms with E-state index in [0.717, 1.165) is 23.6 Å². The molecule has 1 fully saturated rings. The van der Waals surface area contributed by atoms with Crippen LogP contribution in [0.25, 0.3) is 0 Å². The quantitative estimate of drug-likeness (QED) is 0.699. The lowest BCUT2D eigenvalue weighted by molar-refractivity contribution is 0.284. The summed E-state index contributed by atoms with van der Waals surface area (Å²) in [5, 5.41) is 7.19. The lowest BCUT2D eigenvalue weighted by Crippen LogP contribution is -2.07. The zero-order valence-electron chi connectivity index (χ0n) is 14.8. The molecule has 3 aromatic rings. The van der Waals surface area contributed by atoms with Gasteiger partial charge in [-0.2, -0.15) is 4.98 Å². The number of aryl methyl sites for hydroxylation is 2. The third kappa shape index (κ3) is 3.99. The molecule has 0 amide bonds. The Bertz CT molecular complexity index is 881. The average Bonchev–Trinajstić information content (AvgIpc) is 3.31. The maximum Gasteiger partial charge on any atom is 0.218 e. The number of anilines is 1. The van der Waals surface area contributed by atoms with E-state index in [0.29, 0.717) is 42.5 Å². The van der Waals surface area contributed by atoms with Gasteiger partial charge < -0.3 is 14.6 Å². The van der Waals surface area contributed by atoms with Crippen LogP contribution in [0.15, 0.2) is 41.1 Å². The lowest BCUT2D eigenvalue weighted by Gasteiger charge is -2.09. The fourth-order valence-corrected chi connectivity index (χ4v) is 2.97. The predicted octanol–water partition coefficient (Wildman–Crippen LogP) is 3.27. The van der Waals surface area contributed by atoms with Gasteiger partial charge in [0.15, 0.2) is 0 Å². The van der Waals surface area contributed by atoms with E-state index in [4.69, 9.17) is 9.26 Å². The van der Waals surface area contributed by atoms with Crippen LogP contribution in [0.4, 0.5) is 5.82 Å². The van der Waals surface area contributed by atoms with Crippen LogP contribution < -0.4 is 10.1 Å². The second-order valence-electron chi connectivity index (χ2n) is 6.59. The summed E-state index contributed by atoms with van der Waals surface area (Å²) in [7, 11) is 0. The molecule has 0 aliphatic heterocycles. The van der Waals surface area contributed by atoms with Crippen LogP contribution in [0, 0.1) is 19.8 Å². The summed E-state index contributed by atoms with van der Waals surface area (Å²) in [6, 6.07) is 9.76. The average molecular weight is 351 g/mol. The van der Waals surface area contributed by atoms with Gasteiger partial charge in [-0.25, -0.2) is 4.98 Å². The first-order chi connectivity index (χ1) is 12.7. The highest BCUT2D eigenvalue weighted by molar-refractivity contribution is 5.38. The summed E-state index contributed by atoms with van der Waals surface area (Å²) in [5.74, 6) is 3.74. The third-order valence-corrected chi connectivity index (χ3v) is 4.38. The Morgan fingerprint density at radius 1 is 1.23 bits per heavy atom. The molecule has 0 unspecified atom stereocenters. The number of hydrogen-bond acceptors (Lipinski definition) is 7. The summed E-state index contributed by atoms with van der Waals surface area (Å²) in [6.45, 7) is 4.90. The van der Waals surface area contributed by atoms with Gasteiger partial charge in [-0.3, -0.25) is 4.98 Å². The molecule has 7 heteroatoms. The maximum absolute atomic E-state index is 5.91. The second-order valence-corrected chi connectivity index (χ2v) is 6.59. The van der Waals surface area contributed by atoms with Crippen LogP contribution in [0.5, 0.6) is 5.88 Å². The zero-order chi connectivity index (χ0) is 17.9. The van der Waals surface area contributed by atoms with Crippen molar-refractivity contribution in [3.63, 3.8) is 0 Å². The number of hydrogen-bond donors (Lipinski definition) is 1. The molecule has 26 heavy (non-hydrogen) atoms. The molecule has 0 radical (unpaired) electrons. The number of ether oxygens (including phenoxy) is 1. The van der Waals surface area contributed by atoms with Crippen molar-refractivity contribution in [1.82, 2.24) is 20.1 Å². The van der Waals surface area contributed by atoms with E-state index >= 15 is 0 Å². The molecule has 2 atom stereocenters. The van der Waals surface area contributed by atoms with E-state index in [1.54, 1.807) is 0 Å². The van der Waals surface area contributed by atoms with Crippen molar-refractivity contribution < 1.29 is 9.26 Å². The largest absolute Gasteiger partial charge is 0.477 e. The molecule has 1 aliphatic rings. The van der Waals surface area contributed by atoms with E-state index in [1.807, 2.05) is 44.3 Å². The molecule has 0 spiro atoms. The van der Waals surface area contributed by atoms with E-state index in [2.05, 4.69) is 31.5 Å². The zero-order valence-corrected chi connectivity index (χ0v) is 14.8. The number of rotatable bonds is 7. The first-order valence-electron chi connectivity index (χ1n) is 8.73. The Balaban J connectivity index is 1.33. The molecule has 1 aliphatic carbocycles. The summed E-state index contributed by atoms with van der Waals surface area (Å²) in [6.07, 6.45) is 2.95. The Kier molecular flexibility index (Phi) is 4.51. The standard InChI is InChI=1S/C19H21N5O2/c1-12-7-15(24-26-12)10-21-18-9-19(23-13(2)22-18)25-11-14-8-16(14)17-5-3-4-6-20-17/h3-7,9,14,16H,8,10-11H2,1-2H3,(H,21,22,23)/t14-,16+/m1/s1. The monoisotopic (exact) mass is 351 g/mol. The summed E-state index contributed by atoms with van der Waals surface area (Å²) in [5.41, 5.74) is 1.97. The molecule has 1 N–H and O–H groups in total. The van der Waals surface area contributed by atoms with Gasteiger partial charge in [0.05, 0.1) is 13.2 Å². The van der Waals surface area contributed by atoms with Gasteiger partial charge in [0.1, 0.15) is 23.1 Å². The molecule has 4 rings (SSSR count). The van der Waals surface area contributed by atoms with Crippen LogP contribution in [-0.2, 0) is 6.54 Å². The van der Waals surface area contributed by atoms with Crippen molar-refractivity contribution in [2.75, 3.05) is 11.9 Å². The molecule has 7 nitrogen and oxygen atoms in total. The first kappa shape index (κ1) is 16.5. The van der Waals surface area contributed by atoms with Crippen molar-refractivity contribution in [2.45, 2.75) is 32.7 Å². The highest BCUT2D eigenvalue weighted by Gasteiger charge is 2.39. The normalized spacial score (nSPS) is 18.5. The smallest absolute Gasteiger partial charge is 0.218 e. The Morgan fingerprint density at radius 2 is 2.15 bits per heavy atom. The molecule has 1 saturated carbocycles. The molecule has 0 saturated heterocycles. The lowest BCUT2D eigenvalue weighted by atomic mass is 10.2. The van der Waals surface area contributed by atoms with E-state index in [-0.39, 0.29) is 0 Å². The van der Waals surface area contributed by atoms with Crippen LogP contribution in [0.3, 0.4) is 0 Å². The molecule has 0 aromatic carbocycles. The van der Waals surface area contributed by atoms with Gasteiger partial charge >= 0.3 is 0 Å². The van der Waals surface area contributed by atoms with Crippen molar-refractivity contribution in [1.29, 1.82) is 0 Å². The number of pyridine rings is 1. The van der Waals surface area contributed by atoms with Crippen LogP contribution >= 0.6 is 0 Å². The summed E-state index contributed by atoms with van der Waals surface area (Å²) < 4.78 is 11.0. The Labute approximate surface area is 151 Å². The number of aromatic nitrogens is 4. The van der Waals surface area contributed by atoms with Gasteiger partial charge in [-0.15, -0.1) is 0 Å². The Morgan fingerprint density at radius 3 is 2.92 bits per heavy atom. The van der Waals surface area contributed by atoms with Crippen LogP contribution in [0.2, 0.25) is 0 Å². The van der Waals surface area contributed by atoms with E-state index in [1.165, 1.54) is 0 Å². The molecule has 134 valence electrons. The first-order valence-corrected chi connectivity index (χ1v) is 8.73. The minimum atomic E-state index is 0.493. The molecule has 3 aromatic heterocycles. The van der Waals surface area contributed by atoms with Gasteiger partial charge in [0.25, 0.3) is 0 Å². The van der Waals surface area contributed by atoms with Gasteiger partial charge in [0.2, 0.25) is 5.88 Å². The fourth-order valence-electron chi connectivity index (χ4n) is 2.97. The van der Waals surface area contributed by atoms with Crippen molar-refractivity contribution >= 4 is 5.82 Å². The Hall–Kier alpha value is -2.96. The van der Waals surface area contributed by atoms with Crippen LogP contribution in [0.1, 0.15) is 35.3 Å². The summed E-state index contributed by atoms with van der Waals surface area (Å²) in [4.78, 5) is 13.2. The van der Waals surface area contributed by atoms with Crippen molar-refractivity contribution in [2.24, 2.45) is 5.92 Å². The molecular weight excluding hydrogens is 330 g/mol. The number of nitrogens with zero attached hydrogens (tertiary/aromatic N) is 4. The van der Waals surface area contributed by atoms with Gasteiger partial charge in [-0.1, -0.05) is 11.2 Å². The van der Waals surface area contributed by atoms with E-state index in [9.17, 15) is 0 Å².